The van der Waals surface area contributed by atoms with Gasteiger partial charge in [0.2, 0.25) is 5.91 Å². The molecule has 0 spiro atoms. The molecule has 0 bridgehead atoms. The summed E-state index contributed by atoms with van der Waals surface area (Å²) in [6, 6.07) is 5.57. The number of carbonyl (C=O) groups is 1. The lowest BCUT2D eigenvalue weighted by Crippen LogP contribution is -2.27. The van der Waals surface area contributed by atoms with E-state index in [4.69, 9.17) is 5.73 Å². The van der Waals surface area contributed by atoms with Gasteiger partial charge >= 0.3 is 6.36 Å². The van der Waals surface area contributed by atoms with Gasteiger partial charge in [-0.3, -0.25) is 4.79 Å². The number of anilines is 1. The fraction of sp³-hybridized carbons (Fsp3) is 0.417. The zero-order chi connectivity index (χ0) is 14.0. The number of rotatable bonds is 3. The van der Waals surface area contributed by atoms with Crippen LogP contribution in [0.2, 0.25) is 0 Å². The number of halogens is 3. The largest absolute Gasteiger partial charge is 0.573 e. The zero-order valence-electron chi connectivity index (χ0n) is 9.98. The molecule has 0 radical (unpaired) electrons. The highest BCUT2D eigenvalue weighted by atomic mass is 19.4. The molecule has 7 heteroatoms. The van der Waals surface area contributed by atoms with Gasteiger partial charge in [-0.2, -0.15) is 0 Å². The minimum absolute atomic E-state index is 0.203. The summed E-state index contributed by atoms with van der Waals surface area (Å²) < 4.78 is 39.8. The van der Waals surface area contributed by atoms with Gasteiger partial charge in [0.15, 0.2) is 0 Å². The van der Waals surface area contributed by atoms with Crippen LogP contribution in [0, 0.1) is 5.92 Å². The van der Waals surface area contributed by atoms with Crippen LogP contribution in [-0.2, 0) is 4.79 Å². The highest BCUT2D eigenvalue weighted by molar-refractivity contribution is 5.78. The van der Waals surface area contributed by atoms with E-state index in [1.54, 1.807) is 0 Å². The first-order chi connectivity index (χ1) is 8.85. The summed E-state index contributed by atoms with van der Waals surface area (Å²) in [5.74, 6) is -0.812. The first kappa shape index (κ1) is 13.5. The SMILES string of the molecule is NC(=O)C1CCN(c2ccc(OC(F)(F)F)cc2)C1. The number of amides is 1. The van der Waals surface area contributed by atoms with Crippen molar-refractivity contribution in [3.63, 3.8) is 0 Å². The second kappa shape index (κ2) is 4.99. The van der Waals surface area contributed by atoms with Gasteiger partial charge in [0.1, 0.15) is 5.75 Å². The van der Waals surface area contributed by atoms with Crippen molar-refractivity contribution in [3.8, 4) is 5.75 Å². The van der Waals surface area contributed by atoms with Gasteiger partial charge in [-0.1, -0.05) is 0 Å². The number of carbonyl (C=O) groups excluding carboxylic acids is 1. The second-order valence-corrected chi connectivity index (χ2v) is 4.38. The van der Waals surface area contributed by atoms with Crippen LogP contribution in [0.3, 0.4) is 0 Å². The number of hydrogen-bond acceptors (Lipinski definition) is 3. The first-order valence-electron chi connectivity index (χ1n) is 5.75. The van der Waals surface area contributed by atoms with Crippen molar-refractivity contribution in [2.75, 3.05) is 18.0 Å². The fourth-order valence-corrected chi connectivity index (χ4v) is 2.09. The molecule has 0 saturated carbocycles. The van der Waals surface area contributed by atoms with Gasteiger partial charge in [0, 0.05) is 18.8 Å². The van der Waals surface area contributed by atoms with Crippen LogP contribution in [0.5, 0.6) is 5.75 Å². The van der Waals surface area contributed by atoms with Crippen molar-refractivity contribution in [2.45, 2.75) is 12.8 Å². The number of nitrogens with zero attached hydrogens (tertiary/aromatic N) is 1. The Bertz CT molecular complexity index is 459. The molecule has 0 aromatic heterocycles. The molecule has 1 aliphatic heterocycles. The molecule has 1 aromatic carbocycles. The average Bonchev–Trinajstić information content (AvgIpc) is 2.77. The Labute approximate surface area is 107 Å². The molecule has 2 N–H and O–H groups in total. The Balaban J connectivity index is 2.01. The third-order valence-electron chi connectivity index (χ3n) is 3.03. The molecule has 1 fully saturated rings. The highest BCUT2D eigenvalue weighted by Gasteiger charge is 2.31. The van der Waals surface area contributed by atoms with E-state index in [1.165, 1.54) is 24.3 Å². The Morgan fingerprint density at radius 2 is 1.95 bits per heavy atom. The van der Waals surface area contributed by atoms with E-state index in [1.807, 2.05) is 4.90 Å². The normalized spacial score (nSPS) is 19.5. The maximum atomic E-state index is 12.0. The number of primary amides is 1. The second-order valence-electron chi connectivity index (χ2n) is 4.38. The molecule has 0 aliphatic carbocycles. The predicted octanol–water partition coefficient (Wildman–Crippen LogP) is 1.90. The molecular weight excluding hydrogens is 261 g/mol. The highest BCUT2D eigenvalue weighted by Crippen LogP contribution is 2.28. The molecule has 104 valence electrons. The summed E-state index contributed by atoms with van der Waals surface area (Å²) in [7, 11) is 0. The fourth-order valence-electron chi connectivity index (χ4n) is 2.09. The van der Waals surface area contributed by atoms with Crippen molar-refractivity contribution in [1.29, 1.82) is 0 Å². The molecule has 19 heavy (non-hydrogen) atoms. The van der Waals surface area contributed by atoms with Crippen molar-refractivity contribution in [2.24, 2.45) is 11.7 Å². The van der Waals surface area contributed by atoms with Crippen LogP contribution in [0.1, 0.15) is 6.42 Å². The topological polar surface area (TPSA) is 55.6 Å². The minimum Gasteiger partial charge on any atom is -0.406 e. The maximum Gasteiger partial charge on any atom is 0.573 e. The Morgan fingerprint density at radius 3 is 2.42 bits per heavy atom. The number of benzene rings is 1. The van der Waals surface area contributed by atoms with Crippen LogP contribution in [0.15, 0.2) is 24.3 Å². The summed E-state index contributed by atoms with van der Waals surface area (Å²) in [5, 5.41) is 0. The van der Waals surface area contributed by atoms with Crippen LogP contribution < -0.4 is 15.4 Å². The van der Waals surface area contributed by atoms with Crippen molar-refractivity contribution < 1.29 is 22.7 Å². The van der Waals surface area contributed by atoms with Crippen LogP contribution in [0.25, 0.3) is 0 Å². The van der Waals surface area contributed by atoms with Crippen LogP contribution in [-0.4, -0.2) is 25.4 Å². The third kappa shape index (κ3) is 3.52. The van der Waals surface area contributed by atoms with Gasteiger partial charge in [-0.05, 0) is 30.7 Å². The van der Waals surface area contributed by atoms with Gasteiger partial charge < -0.3 is 15.4 Å². The van der Waals surface area contributed by atoms with Gasteiger partial charge in [0.05, 0.1) is 5.92 Å². The molecular formula is C12H13F3N2O2. The van der Waals surface area contributed by atoms with E-state index in [0.29, 0.717) is 19.5 Å². The summed E-state index contributed by atoms with van der Waals surface area (Å²) in [4.78, 5) is 12.9. The third-order valence-corrected chi connectivity index (χ3v) is 3.03. The smallest absolute Gasteiger partial charge is 0.406 e. The van der Waals surface area contributed by atoms with E-state index in [2.05, 4.69) is 4.74 Å². The quantitative estimate of drug-likeness (QED) is 0.915. The molecule has 1 unspecified atom stereocenters. The van der Waals surface area contributed by atoms with E-state index in [0.717, 1.165) is 5.69 Å². The van der Waals surface area contributed by atoms with E-state index in [-0.39, 0.29) is 17.6 Å². The minimum atomic E-state index is -4.69. The van der Waals surface area contributed by atoms with Gasteiger partial charge in [-0.15, -0.1) is 13.2 Å². The molecule has 1 aromatic rings. The Hall–Kier alpha value is -1.92. The number of nitrogens with two attached hydrogens (primary N) is 1. The molecule has 1 amide bonds. The number of ether oxygens (including phenoxy) is 1. The number of alkyl halides is 3. The van der Waals surface area contributed by atoms with E-state index in [9.17, 15) is 18.0 Å². The van der Waals surface area contributed by atoms with Crippen LogP contribution >= 0.6 is 0 Å². The van der Waals surface area contributed by atoms with Gasteiger partial charge in [-0.25, -0.2) is 0 Å². The van der Waals surface area contributed by atoms with Crippen molar-refractivity contribution in [1.82, 2.24) is 0 Å². The summed E-state index contributed by atoms with van der Waals surface area (Å²) in [6.45, 7) is 1.15. The first-order valence-corrected chi connectivity index (χ1v) is 5.75. The molecule has 1 atom stereocenters. The lowest BCUT2D eigenvalue weighted by molar-refractivity contribution is -0.274. The molecule has 1 heterocycles. The maximum absolute atomic E-state index is 12.0. The van der Waals surface area contributed by atoms with E-state index >= 15 is 0 Å². The Morgan fingerprint density at radius 1 is 1.32 bits per heavy atom. The van der Waals surface area contributed by atoms with Crippen molar-refractivity contribution in [3.05, 3.63) is 24.3 Å². The number of hydrogen-bond donors (Lipinski definition) is 1. The van der Waals surface area contributed by atoms with E-state index < -0.39 is 6.36 Å². The molecule has 2 rings (SSSR count). The van der Waals surface area contributed by atoms with Crippen molar-refractivity contribution >= 4 is 11.6 Å². The Kier molecular flexibility index (Phi) is 3.55. The zero-order valence-corrected chi connectivity index (χ0v) is 9.98. The summed E-state index contributed by atoms with van der Waals surface area (Å²) >= 11 is 0. The standard InChI is InChI=1S/C12H13F3N2O2/c13-12(14,15)19-10-3-1-9(2-4-10)17-6-5-8(7-17)11(16)18/h1-4,8H,5-7H2,(H2,16,18). The monoisotopic (exact) mass is 274 g/mol. The molecule has 4 nitrogen and oxygen atoms in total. The lowest BCUT2D eigenvalue weighted by Gasteiger charge is -2.18. The van der Waals surface area contributed by atoms with Crippen LogP contribution in [0.4, 0.5) is 18.9 Å². The predicted molar refractivity (Wildman–Crippen MR) is 62.6 cm³/mol. The molecule has 1 saturated heterocycles. The summed E-state index contributed by atoms with van der Waals surface area (Å²) in [6.07, 6.45) is -4.03. The molecule has 1 aliphatic rings. The summed E-state index contributed by atoms with van der Waals surface area (Å²) in [5.41, 5.74) is 5.97. The average molecular weight is 274 g/mol. The van der Waals surface area contributed by atoms with Gasteiger partial charge in [0.25, 0.3) is 0 Å². The lowest BCUT2D eigenvalue weighted by atomic mass is 10.1.